The molecule has 2 heterocycles. The highest BCUT2D eigenvalue weighted by atomic mass is 16.1. The van der Waals surface area contributed by atoms with Crippen molar-refractivity contribution >= 4 is 11.7 Å². The third kappa shape index (κ3) is 3.31. The molecule has 20 heavy (non-hydrogen) atoms. The van der Waals surface area contributed by atoms with Gasteiger partial charge in [-0.3, -0.25) is 9.89 Å². The molecule has 0 atom stereocenters. The van der Waals surface area contributed by atoms with Gasteiger partial charge in [0, 0.05) is 16.7 Å². The zero-order chi connectivity index (χ0) is 14.8. The maximum absolute atomic E-state index is 12.1. The monoisotopic (exact) mass is 274 g/mol. The van der Waals surface area contributed by atoms with Crippen LogP contribution < -0.4 is 11.1 Å². The number of carbonyl (C=O) groups is 1. The number of nitrogens with zero attached hydrogens (tertiary/aromatic N) is 3. The lowest BCUT2D eigenvalue weighted by Crippen LogP contribution is -2.25. The van der Waals surface area contributed by atoms with Gasteiger partial charge < -0.3 is 11.1 Å². The van der Waals surface area contributed by atoms with Crippen LogP contribution in [0, 0.1) is 0 Å². The summed E-state index contributed by atoms with van der Waals surface area (Å²) in [6, 6.07) is 3.32. The number of hydrogen-bond acceptors (Lipinski definition) is 5. The molecule has 2 rings (SSSR count). The molecular weight excluding hydrogens is 256 g/mol. The number of carbonyl (C=O) groups excluding carboxylic acids is 1. The van der Waals surface area contributed by atoms with Gasteiger partial charge in [0.15, 0.2) is 0 Å². The Bertz CT molecular complexity index is 600. The number of amides is 1. The molecule has 0 aliphatic heterocycles. The maximum atomic E-state index is 12.1. The standard InChI is InChI=1S/C13H18N6O/c1-13(2,3)9-4-8(5-10(14)18-9)12(20)15-6-11-16-7-17-19-11/h4-5,7H,6H2,1-3H3,(H2,14,18)(H,15,20)(H,16,17,19). The number of aromatic nitrogens is 4. The molecule has 0 radical (unpaired) electrons. The lowest BCUT2D eigenvalue weighted by molar-refractivity contribution is 0.0949. The second kappa shape index (κ2) is 5.28. The molecule has 2 aromatic heterocycles. The van der Waals surface area contributed by atoms with E-state index in [1.807, 2.05) is 20.8 Å². The Hall–Kier alpha value is -2.44. The van der Waals surface area contributed by atoms with Crippen molar-refractivity contribution < 1.29 is 4.79 Å². The summed E-state index contributed by atoms with van der Waals surface area (Å²) in [5, 5.41) is 9.15. The van der Waals surface area contributed by atoms with Crippen molar-refractivity contribution in [3.8, 4) is 0 Å². The van der Waals surface area contributed by atoms with E-state index >= 15 is 0 Å². The van der Waals surface area contributed by atoms with E-state index in [9.17, 15) is 4.79 Å². The number of rotatable bonds is 3. The predicted octanol–water partition coefficient (Wildman–Crippen LogP) is 1.01. The quantitative estimate of drug-likeness (QED) is 0.773. The second-order valence-corrected chi connectivity index (χ2v) is 5.53. The molecule has 0 unspecified atom stereocenters. The van der Waals surface area contributed by atoms with Crippen molar-refractivity contribution in [2.24, 2.45) is 0 Å². The first-order valence-corrected chi connectivity index (χ1v) is 6.27. The first kappa shape index (κ1) is 14.0. The Morgan fingerprint density at radius 1 is 1.40 bits per heavy atom. The Morgan fingerprint density at radius 2 is 2.15 bits per heavy atom. The van der Waals surface area contributed by atoms with Gasteiger partial charge in [0.25, 0.3) is 5.91 Å². The Labute approximate surface area is 117 Å². The van der Waals surface area contributed by atoms with Gasteiger partial charge in [-0.25, -0.2) is 9.97 Å². The van der Waals surface area contributed by atoms with E-state index in [1.54, 1.807) is 12.1 Å². The first-order valence-electron chi connectivity index (χ1n) is 6.27. The molecule has 0 saturated heterocycles. The molecule has 2 aromatic rings. The molecule has 1 amide bonds. The van der Waals surface area contributed by atoms with Crippen LogP contribution in [0.3, 0.4) is 0 Å². The molecule has 0 spiro atoms. The van der Waals surface area contributed by atoms with E-state index in [4.69, 9.17) is 5.73 Å². The Kier molecular flexibility index (Phi) is 3.69. The van der Waals surface area contributed by atoms with E-state index < -0.39 is 0 Å². The predicted molar refractivity (Wildman–Crippen MR) is 74.9 cm³/mol. The molecule has 7 heteroatoms. The number of nitrogens with two attached hydrogens (primary N) is 1. The van der Waals surface area contributed by atoms with Crippen molar-refractivity contribution in [3.63, 3.8) is 0 Å². The summed E-state index contributed by atoms with van der Waals surface area (Å²) in [5.74, 6) is 0.708. The average molecular weight is 274 g/mol. The largest absolute Gasteiger partial charge is 0.384 e. The zero-order valence-corrected chi connectivity index (χ0v) is 11.8. The number of H-pyrrole nitrogens is 1. The van der Waals surface area contributed by atoms with Crippen LogP contribution in [0.1, 0.15) is 42.6 Å². The number of nitrogen functional groups attached to an aromatic ring is 1. The minimum Gasteiger partial charge on any atom is -0.384 e. The van der Waals surface area contributed by atoms with Crippen molar-refractivity contribution in [2.45, 2.75) is 32.7 Å². The van der Waals surface area contributed by atoms with Gasteiger partial charge in [-0.2, -0.15) is 5.10 Å². The van der Waals surface area contributed by atoms with Gasteiger partial charge in [0.1, 0.15) is 18.0 Å². The second-order valence-electron chi connectivity index (χ2n) is 5.53. The van der Waals surface area contributed by atoms with Crippen LogP contribution in [-0.2, 0) is 12.0 Å². The van der Waals surface area contributed by atoms with Crippen LogP contribution in [0.15, 0.2) is 18.5 Å². The topological polar surface area (TPSA) is 110 Å². The van der Waals surface area contributed by atoms with Crippen molar-refractivity contribution in [3.05, 3.63) is 35.5 Å². The van der Waals surface area contributed by atoms with Gasteiger partial charge in [0.2, 0.25) is 0 Å². The molecule has 7 nitrogen and oxygen atoms in total. The summed E-state index contributed by atoms with van der Waals surface area (Å²) in [6.45, 7) is 6.34. The fourth-order valence-corrected chi connectivity index (χ4v) is 1.65. The SMILES string of the molecule is CC(C)(C)c1cc(C(=O)NCc2ncn[nH]2)cc(N)n1. The molecule has 0 saturated carbocycles. The molecule has 0 fully saturated rings. The number of nitrogens with one attached hydrogen (secondary N) is 2. The van der Waals surface area contributed by atoms with Gasteiger partial charge in [-0.1, -0.05) is 20.8 Å². The lowest BCUT2D eigenvalue weighted by Gasteiger charge is -2.19. The van der Waals surface area contributed by atoms with Crippen LogP contribution in [0.2, 0.25) is 0 Å². The van der Waals surface area contributed by atoms with Gasteiger partial charge in [0.05, 0.1) is 6.54 Å². The molecule has 106 valence electrons. The molecule has 0 bridgehead atoms. The Morgan fingerprint density at radius 3 is 2.75 bits per heavy atom. The number of anilines is 1. The van der Waals surface area contributed by atoms with Crippen LogP contribution in [0.25, 0.3) is 0 Å². The molecular formula is C13H18N6O. The third-order valence-electron chi connectivity index (χ3n) is 2.76. The average Bonchev–Trinajstić information content (AvgIpc) is 2.87. The zero-order valence-electron chi connectivity index (χ0n) is 11.8. The summed E-state index contributed by atoms with van der Waals surface area (Å²) >= 11 is 0. The van der Waals surface area contributed by atoms with Crippen LogP contribution >= 0.6 is 0 Å². The lowest BCUT2D eigenvalue weighted by atomic mass is 9.90. The summed E-state index contributed by atoms with van der Waals surface area (Å²) in [5.41, 5.74) is 6.86. The number of pyridine rings is 1. The Balaban J connectivity index is 2.15. The summed E-state index contributed by atoms with van der Waals surface area (Å²) in [6.07, 6.45) is 1.39. The fraction of sp³-hybridized carbons (Fsp3) is 0.385. The molecule has 4 N–H and O–H groups in total. The number of aromatic amines is 1. The molecule has 0 aliphatic rings. The highest BCUT2D eigenvalue weighted by molar-refractivity contribution is 5.94. The van der Waals surface area contributed by atoms with Crippen LogP contribution in [0.5, 0.6) is 0 Å². The van der Waals surface area contributed by atoms with Crippen molar-refractivity contribution in [1.82, 2.24) is 25.5 Å². The maximum Gasteiger partial charge on any atom is 0.251 e. The van der Waals surface area contributed by atoms with E-state index in [2.05, 4.69) is 25.5 Å². The first-order chi connectivity index (χ1) is 9.36. The molecule has 0 aliphatic carbocycles. The van der Waals surface area contributed by atoms with Crippen molar-refractivity contribution in [1.29, 1.82) is 0 Å². The third-order valence-corrected chi connectivity index (χ3v) is 2.76. The van der Waals surface area contributed by atoms with Crippen molar-refractivity contribution in [2.75, 3.05) is 5.73 Å². The molecule has 0 aromatic carbocycles. The van der Waals surface area contributed by atoms with Gasteiger partial charge >= 0.3 is 0 Å². The highest BCUT2D eigenvalue weighted by Gasteiger charge is 2.18. The van der Waals surface area contributed by atoms with Crippen LogP contribution in [-0.4, -0.2) is 26.1 Å². The van der Waals surface area contributed by atoms with E-state index in [0.717, 1.165) is 5.69 Å². The fourth-order valence-electron chi connectivity index (χ4n) is 1.65. The summed E-state index contributed by atoms with van der Waals surface area (Å²) in [7, 11) is 0. The van der Waals surface area contributed by atoms with E-state index in [0.29, 0.717) is 17.2 Å². The van der Waals surface area contributed by atoms with E-state index in [-0.39, 0.29) is 17.9 Å². The smallest absolute Gasteiger partial charge is 0.251 e. The minimum absolute atomic E-state index is 0.171. The highest BCUT2D eigenvalue weighted by Crippen LogP contribution is 2.22. The minimum atomic E-state index is -0.221. The summed E-state index contributed by atoms with van der Waals surface area (Å²) in [4.78, 5) is 20.3. The summed E-state index contributed by atoms with van der Waals surface area (Å²) < 4.78 is 0. The van der Waals surface area contributed by atoms with E-state index in [1.165, 1.54) is 6.33 Å². The normalized spacial score (nSPS) is 11.3. The number of hydrogen-bond donors (Lipinski definition) is 3. The van der Waals surface area contributed by atoms with Crippen LogP contribution in [0.4, 0.5) is 5.82 Å². The van der Waals surface area contributed by atoms with Gasteiger partial charge in [-0.05, 0) is 12.1 Å². The van der Waals surface area contributed by atoms with Gasteiger partial charge in [-0.15, -0.1) is 0 Å².